The summed E-state index contributed by atoms with van der Waals surface area (Å²) in [5.41, 5.74) is 7.45. The lowest BCUT2D eigenvalue weighted by molar-refractivity contribution is -0.123. The van der Waals surface area contributed by atoms with Crippen molar-refractivity contribution in [3.8, 4) is 0 Å². The molecule has 1 aromatic heterocycles. The Balaban J connectivity index is 2.55. The van der Waals surface area contributed by atoms with Crippen LogP contribution in [0.4, 0.5) is 0 Å². The molecule has 1 aromatic rings. The second-order valence-electron chi connectivity index (χ2n) is 4.29. The van der Waals surface area contributed by atoms with E-state index < -0.39 is 6.04 Å². The van der Waals surface area contributed by atoms with Crippen molar-refractivity contribution in [2.75, 3.05) is 0 Å². The van der Waals surface area contributed by atoms with Crippen LogP contribution in [-0.2, 0) is 11.3 Å². The highest BCUT2D eigenvalue weighted by atomic mass is 16.5. The van der Waals surface area contributed by atoms with Crippen molar-refractivity contribution in [1.82, 2.24) is 10.5 Å². The van der Waals surface area contributed by atoms with Crippen molar-refractivity contribution >= 4 is 5.91 Å². The molecule has 5 heteroatoms. The molecule has 16 heavy (non-hydrogen) atoms. The Kier molecular flexibility index (Phi) is 4.06. The number of amides is 1. The number of hydrogen-bond acceptors (Lipinski definition) is 4. The SMILES string of the molecule is Cc1noc(C)c1CNC(=O)[C@@H](N)C(C)C. The number of nitrogens with one attached hydrogen (secondary N) is 1. The van der Waals surface area contributed by atoms with Gasteiger partial charge in [0.1, 0.15) is 5.76 Å². The van der Waals surface area contributed by atoms with E-state index in [1.54, 1.807) is 0 Å². The van der Waals surface area contributed by atoms with Crippen LogP contribution in [0.2, 0.25) is 0 Å². The van der Waals surface area contributed by atoms with Crippen molar-refractivity contribution in [3.63, 3.8) is 0 Å². The first-order chi connectivity index (χ1) is 7.43. The molecule has 0 saturated carbocycles. The van der Waals surface area contributed by atoms with Gasteiger partial charge in [0.05, 0.1) is 11.7 Å². The summed E-state index contributed by atoms with van der Waals surface area (Å²) in [6.45, 7) is 7.92. The van der Waals surface area contributed by atoms with E-state index in [1.165, 1.54) is 0 Å². The van der Waals surface area contributed by atoms with E-state index in [2.05, 4.69) is 10.5 Å². The van der Waals surface area contributed by atoms with Crippen molar-refractivity contribution in [2.24, 2.45) is 11.7 Å². The summed E-state index contributed by atoms with van der Waals surface area (Å²) in [4.78, 5) is 11.6. The lowest BCUT2D eigenvalue weighted by Gasteiger charge is -2.15. The van der Waals surface area contributed by atoms with Crippen LogP contribution in [0.5, 0.6) is 0 Å². The maximum atomic E-state index is 11.6. The maximum Gasteiger partial charge on any atom is 0.237 e. The predicted octanol–water partition coefficient (Wildman–Crippen LogP) is 0.891. The molecule has 0 aliphatic carbocycles. The molecule has 5 nitrogen and oxygen atoms in total. The van der Waals surface area contributed by atoms with Crippen molar-refractivity contribution < 1.29 is 9.32 Å². The minimum absolute atomic E-state index is 0.129. The van der Waals surface area contributed by atoms with Gasteiger partial charge in [0.25, 0.3) is 0 Å². The zero-order chi connectivity index (χ0) is 12.3. The molecule has 0 fully saturated rings. The molecule has 0 radical (unpaired) electrons. The van der Waals surface area contributed by atoms with E-state index in [0.29, 0.717) is 6.54 Å². The number of hydrogen-bond donors (Lipinski definition) is 2. The third-order valence-corrected chi connectivity index (χ3v) is 2.64. The molecule has 0 unspecified atom stereocenters. The standard InChI is InChI=1S/C11H19N3O2/c1-6(2)10(12)11(15)13-5-9-7(3)14-16-8(9)4/h6,10H,5,12H2,1-4H3,(H,13,15)/t10-/m0/s1. The summed E-state index contributed by atoms with van der Waals surface area (Å²) in [6.07, 6.45) is 0. The summed E-state index contributed by atoms with van der Waals surface area (Å²) in [5.74, 6) is 0.718. The number of carbonyl (C=O) groups is 1. The van der Waals surface area contributed by atoms with Gasteiger partial charge < -0.3 is 15.6 Å². The zero-order valence-corrected chi connectivity index (χ0v) is 10.2. The van der Waals surface area contributed by atoms with Gasteiger partial charge in [0.15, 0.2) is 0 Å². The third kappa shape index (κ3) is 2.82. The average molecular weight is 225 g/mol. The fraction of sp³-hybridized carbons (Fsp3) is 0.636. The molecule has 1 atom stereocenters. The van der Waals surface area contributed by atoms with E-state index in [9.17, 15) is 4.79 Å². The summed E-state index contributed by atoms with van der Waals surface area (Å²) in [7, 11) is 0. The molecule has 0 spiro atoms. The van der Waals surface area contributed by atoms with Gasteiger partial charge in [0, 0.05) is 12.1 Å². The quantitative estimate of drug-likeness (QED) is 0.797. The van der Waals surface area contributed by atoms with Crippen molar-refractivity contribution in [2.45, 2.75) is 40.3 Å². The summed E-state index contributed by atoms with van der Waals surface area (Å²) in [5, 5.41) is 6.60. The molecule has 0 aliphatic rings. The first-order valence-electron chi connectivity index (χ1n) is 5.38. The van der Waals surface area contributed by atoms with E-state index in [0.717, 1.165) is 17.0 Å². The topological polar surface area (TPSA) is 81.2 Å². The number of nitrogens with zero attached hydrogens (tertiary/aromatic N) is 1. The van der Waals surface area contributed by atoms with Crippen LogP contribution in [-0.4, -0.2) is 17.1 Å². The molecule has 0 saturated heterocycles. The van der Waals surface area contributed by atoms with Gasteiger partial charge in [-0.25, -0.2) is 0 Å². The van der Waals surface area contributed by atoms with Crippen LogP contribution in [0.15, 0.2) is 4.52 Å². The Morgan fingerprint density at radius 2 is 2.12 bits per heavy atom. The fourth-order valence-electron chi connectivity index (χ4n) is 1.35. The first-order valence-corrected chi connectivity index (χ1v) is 5.38. The predicted molar refractivity (Wildman–Crippen MR) is 60.6 cm³/mol. The Morgan fingerprint density at radius 3 is 2.56 bits per heavy atom. The monoisotopic (exact) mass is 225 g/mol. The van der Waals surface area contributed by atoms with Gasteiger partial charge in [-0.3, -0.25) is 4.79 Å². The van der Waals surface area contributed by atoms with Crippen molar-refractivity contribution in [1.29, 1.82) is 0 Å². The van der Waals surface area contributed by atoms with Crippen molar-refractivity contribution in [3.05, 3.63) is 17.0 Å². The number of aromatic nitrogens is 1. The summed E-state index contributed by atoms with van der Waals surface area (Å²) in [6, 6.07) is -0.472. The highest BCUT2D eigenvalue weighted by Gasteiger charge is 2.18. The molecule has 3 N–H and O–H groups in total. The van der Waals surface area contributed by atoms with Crippen LogP contribution < -0.4 is 11.1 Å². The lowest BCUT2D eigenvalue weighted by atomic mass is 10.0. The fourth-order valence-corrected chi connectivity index (χ4v) is 1.35. The molecular formula is C11H19N3O2. The van der Waals surface area contributed by atoms with E-state index in [4.69, 9.17) is 10.3 Å². The zero-order valence-electron chi connectivity index (χ0n) is 10.2. The highest BCUT2D eigenvalue weighted by molar-refractivity contribution is 5.81. The molecular weight excluding hydrogens is 206 g/mol. The van der Waals surface area contributed by atoms with Gasteiger partial charge in [-0.15, -0.1) is 0 Å². The summed E-state index contributed by atoms with van der Waals surface area (Å²) < 4.78 is 5.00. The highest BCUT2D eigenvalue weighted by Crippen LogP contribution is 2.11. The van der Waals surface area contributed by atoms with Gasteiger partial charge in [0.2, 0.25) is 5.91 Å². The van der Waals surface area contributed by atoms with Crippen LogP contribution >= 0.6 is 0 Å². The molecule has 1 rings (SSSR count). The van der Waals surface area contributed by atoms with Crippen LogP contribution in [0.3, 0.4) is 0 Å². The Morgan fingerprint density at radius 1 is 1.50 bits per heavy atom. The van der Waals surface area contributed by atoms with Crippen LogP contribution in [0.25, 0.3) is 0 Å². The van der Waals surface area contributed by atoms with Gasteiger partial charge >= 0.3 is 0 Å². The number of rotatable bonds is 4. The maximum absolute atomic E-state index is 11.6. The average Bonchev–Trinajstić information content (AvgIpc) is 2.54. The van der Waals surface area contributed by atoms with Crippen LogP contribution in [0.1, 0.15) is 30.9 Å². The molecule has 1 amide bonds. The van der Waals surface area contributed by atoms with E-state index in [1.807, 2.05) is 27.7 Å². The normalized spacial score (nSPS) is 12.9. The van der Waals surface area contributed by atoms with E-state index in [-0.39, 0.29) is 11.8 Å². The second kappa shape index (κ2) is 5.12. The van der Waals surface area contributed by atoms with Gasteiger partial charge in [-0.05, 0) is 19.8 Å². The second-order valence-corrected chi connectivity index (χ2v) is 4.29. The number of aryl methyl sites for hydroxylation is 2. The minimum atomic E-state index is -0.472. The largest absolute Gasteiger partial charge is 0.361 e. The minimum Gasteiger partial charge on any atom is -0.361 e. The molecule has 0 aliphatic heterocycles. The molecule has 1 heterocycles. The van der Waals surface area contributed by atoms with Gasteiger partial charge in [-0.1, -0.05) is 19.0 Å². The Bertz CT molecular complexity index is 352. The van der Waals surface area contributed by atoms with Crippen LogP contribution in [0, 0.1) is 19.8 Å². The summed E-state index contributed by atoms with van der Waals surface area (Å²) >= 11 is 0. The Labute approximate surface area is 95.4 Å². The number of carbonyl (C=O) groups excluding carboxylic acids is 1. The van der Waals surface area contributed by atoms with Gasteiger partial charge in [-0.2, -0.15) is 0 Å². The lowest BCUT2D eigenvalue weighted by Crippen LogP contribution is -2.43. The van der Waals surface area contributed by atoms with E-state index >= 15 is 0 Å². The first kappa shape index (κ1) is 12.7. The molecule has 0 aromatic carbocycles. The Hall–Kier alpha value is -1.36. The molecule has 90 valence electrons. The third-order valence-electron chi connectivity index (χ3n) is 2.64. The number of nitrogens with two attached hydrogens (primary N) is 1. The smallest absolute Gasteiger partial charge is 0.237 e. The molecule has 0 bridgehead atoms.